The minimum absolute atomic E-state index is 0.185. The number of amides is 2. The molecule has 3 heterocycles. The van der Waals surface area contributed by atoms with Crippen molar-refractivity contribution in [2.24, 2.45) is 0 Å². The van der Waals surface area contributed by atoms with Crippen LogP contribution in [0.4, 0.5) is 0 Å². The SMILES string of the molecule is Cc1cc(C)nc(SC2=C(N3CCN(Cc4ccccc4)CC3)C(=O)N(Cc3ccc(Cl)cc3)C2=O)n1. The standard InChI is InChI=1S/C28H28ClN5O2S/c1-19-16-20(2)31-28(30-19)37-25-24(26(35)34(27(25)36)18-22-8-10-23(29)11-9-22)33-14-12-32(13-15-33)17-21-6-4-3-5-7-21/h3-11,16H,12-15,17-18H2,1-2H3. The van der Waals surface area contributed by atoms with Crippen LogP contribution < -0.4 is 0 Å². The Balaban J connectivity index is 1.39. The Kier molecular flexibility index (Phi) is 7.60. The van der Waals surface area contributed by atoms with Gasteiger partial charge in [0.15, 0.2) is 5.16 Å². The van der Waals surface area contributed by atoms with Crippen LogP contribution in [0, 0.1) is 13.8 Å². The van der Waals surface area contributed by atoms with Crippen LogP contribution in [0.2, 0.25) is 5.02 Å². The molecule has 190 valence electrons. The molecule has 3 aromatic rings. The van der Waals surface area contributed by atoms with Crippen molar-refractivity contribution in [3.63, 3.8) is 0 Å². The molecule has 0 aliphatic carbocycles. The van der Waals surface area contributed by atoms with Crippen molar-refractivity contribution in [2.45, 2.75) is 32.1 Å². The van der Waals surface area contributed by atoms with Crippen molar-refractivity contribution in [3.8, 4) is 0 Å². The van der Waals surface area contributed by atoms with Gasteiger partial charge in [-0.3, -0.25) is 19.4 Å². The van der Waals surface area contributed by atoms with Gasteiger partial charge in [0.2, 0.25) is 0 Å². The van der Waals surface area contributed by atoms with Crippen molar-refractivity contribution < 1.29 is 9.59 Å². The van der Waals surface area contributed by atoms with Crippen LogP contribution in [0.25, 0.3) is 0 Å². The molecule has 1 saturated heterocycles. The fraction of sp³-hybridized carbons (Fsp3) is 0.286. The highest BCUT2D eigenvalue weighted by Gasteiger charge is 2.42. The van der Waals surface area contributed by atoms with Crippen LogP contribution in [0.5, 0.6) is 0 Å². The number of imide groups is 1. The summed E-state index contributed by atoms with van der Waals surface area (Å²) >= 11 is 7.21. The maximum absolute atomic E-state index is 13.7. The molecule has 2 aromatic carbocycles. The van der Waals surface area contributed by atoms with E-state index in [0.29, 0.717) is 33.9 Å². The molecule has 0 radical (unpaired) electrons. The first-order valence-electron chi connectivity index (χ1n) is 12.2. The van der Waals surface area contributed by atoms with Crippen LogP contribution in [0.15, 0.2) is 76.4 Å². The lowest BCUT2D eigenvalue weighted by molar-refractivity contribution is -0.138. The van der Waals surface area contributed by atoms with Crippen LogP contribution in [-0.2, 0) is 22.7 Å². The van der Waals surface area contributed by atoms with Crippen molar-refractivity contribution in [3.05, 3.63) is 98.8 Å². The number of benzene rings is 2. The van der Waals surface area contributed by atoms with Gasteiger partial charge in [-0.25, -0.2) is 9.97 Å². The summed E-state index contributed by atoms with van der Waals surface area (Å²) in [4.78, 5) is 42.5. The Bertz CT molecular complexity index is 1320. The second kappa shape index (κ2) is 11.0. The lowest BCUT2D eigenvalue weighted by Gasteiger charge is -2.36. The number of piperazine rings is 1. The van der Waals surface area contributed by atoms with E-state index < -0.39 is 0 Å². The Labute approximate surface area is 226 Å². The third-order valence-electron chi connectivity index (χ3n) is 6.45. The quantitative estimate of drug-likeness (QED) is 0.328. The zero-order valence-electron chi connectivity index (χ0n) is 20.9. The van der Waals surface area contributed by atoms with Gasteiger partial charge >= 0.3 is 0 Å². The molecule has 1 fully saturated rings. The van der Waals surface area contributed by atoms with Crippen molar-refractivity contribution in [1.29, 1.82) is 0 Å². The highest BCUT2D eigenvalue weighted by atomic mass is 35.5. The van der Waals surface area contributed by atoms with Gasteiger partial charge in [-0.05, 0) is 54.9 Å². The number of rotatable bonds is 7. The molecule has 2 amide bonds. The lowest BCUT2D eigenvalue weighted by Crippen LogP contribution is -2.47. The third kappa shape index (κ3) is 5.87. The number of carbonyl (C=O) groups excluding carboxylic acids is 2. The molecule has 2 aliphatic heterocycles. The Hall–Kier alpha value is -3.20. The molecule has 0 spiro atoms. The molecule has 2 aliphatic rings. The van der Waals surface area contributed by atoms with E-state index in [0.717, 1.165) is 36.6 Å². The maximum Gasteiger partial charge on any atom is 0.278 e. The predicted molar refractivity (Wildman–Crippen MR) is 145 cm³/mol. The second-order valence-electron chi connectivity index (χ2n) is 9.28. The summed E-state index contributed by atoms with van der Waals surface area (Å²) in [6.45, 7) is 7.76. The van der Waals surface area contributed by atoms with Crippen molar-refractivity contribution in [2.75, 3.05) is 26.2 Å². The van der Waals surface area contributed by atoms with E-state index in [9.17, 15) is 9.59 Å². The number of nitrogens with zero attached hydrogens (tertiary/aromatic N) is 5. The van der Waals surface area contributed by atoms with E-state index in [1.54, 1.807) is 12.1 Å². The number of hydrogen-bond donors (Lipinski definition) is 0. The van der Waals surface area contributed by atoms with Gasteiger partial charge in [0.25, 0.3) is 11.8 Å². The molecule has 0 N–H and O–H groups in total. The Morgan fingerprint density at radius 1 is 0.811 bits per heavy atom. The average molecular weight is 534 g/mol. The van der Waals surface area contributed by atoms with E-state index in [1.807, 2.05) is 50.2 Å². The van der Waals surface area contributed by atoms with Crippen LogP contribution >= 0.6 is 23.4 Å². The third-order valence-corrected chi connectivity index (χ3v) is 7.64. The molecular weight excluding hydrogens is 506 g/mol. The van der Waals surface area contributed by atoms with E-state index in [1.165, 1.54) is 22.2 Å². The Morgan fingerprint density at radius 3 is 2.08 bits per heavy atom. The van der Waals surface area contributed by atoms with Crippen LogP contribution in [0.3, 0.4) is 0 Å². The van der Waals surface area contributed by atoms with Gasteiger partial charge in [0.05, 0.1) is 6.54 Å². The normalized spacial score (nSPS) is 16.7. The molecule has 0 unspecified atom stereocenters. The van der Waals surface area contributed by atoms with E-state index in [4.69, 9.17) is 11.6 Å². The minimum atomic E-state index is -0.311. The van der Waals surface area contributed by atoms with Crippen molar-refractivity contribution in [1.82, 2.24) is 24.7 Å². The summed E-state index contributed by atoms with van der Waals surface area (Å²) in [5.74, 6) is -0.585. The summed E-state index contributed by atoms with van der Waals surface area (Å²) in [5, 5.41) is 1.08. The number of thioether (sulfide) groups is 1. The first kappa shape index (κ1) is 25.4. The predicted octanol–water partition coefficient (Wildman–Crippen LogP) is 4.44. The van der Waals surface area contributed by atoms with Gasteiger partial charge in [0.1, 0.15) is 10.6 Å². The molecule has 5 rings (SSSR count). The average Bonchev–Trinajstić information content (AvgIpc) is 3.10. The molecule has 37 heavy (non-hydrogen) atoms. The van der Waals surface area contributed by atoms with Crippen LogP contribution in [-0.4, -0.2) is 62.7 Å². The molecular formula is C28H28ClN5O2S. The molecule has 1 aromatic heterocycles. The van der Waals surface area contributed by atoms with E-state index >= 15 is 0 Å². The van der Waals surface area contributed by atoms with Gasteiger partial charge < -0.3 is 4.90 Å². The second-order valence-corrected chi connectivity index (χ2v) is 10.7. The van der Waals surface area contributed by atoms with Gasteiger partial charge in [-0.15, -0.1) is 0 Å². The number of carbonyl (C=O) groups is 2. The number of aromatic nitrogens is 2. The molecule has 0 saturated carbocycles. The highest BCUT2D eigenvalue weighted by Crippen LogP contribution is 2.36. The fourth-order valence-electron chi connectivity index (χ4n) is 4.63. The zero-order chi connectivity index (χ0) is 25.9. The van der Waals surface area contributed by atoms with Gasteiger partial charge in [-0.2, -0.15) is 0 Å². The Morgan fingerprint density at radius 2 is 1.43 bits per heavy atom. The van der Waals surface area contributed by atoms with E-state index in [2.05, 4.69) is 31.9 Å². The largest absolute Gasteiger partial charge is 0.363 e. The van der Waals surface area contributed by atoms with Gasteiger partial charge in [-0.1, -0.05) is 54.1 Å². The summed E-state index contributed by atoms with van der Waals surface area (Å²) in [6, 6.07) is 19.5. The molecule has 0 atom stereocenters. The number of hydrogen-bond acceptors (Lipinski definition) is 7. The summed E-state index contributed by atoms with van der Waals surface area (Å²) in [7, 11) is 0. The first-order chi connectivity index (χ1) is 17.9. The summed E-state index contributed by atoms with van der Waals surface area (Å²) in [6.07, 6.45) is 0. The lowest BCUT2D eigenvalue weighted by atomic mass is 10.2. The summed E-state index contributed by atoms with van der Waals surface area (Å²) in [5.41, 5.74) is 4.20. The highest BCUT2D eigenvalue weighted by molar-refractivity contribution is 8.04. The van der Waals surface area contributed by atoms with Crippen LogP contribution in [0.1, 0.15) is 22.5 Å². The fourth-order valence-corrected chi connectivity index (χ4v) is 5.83. The first-order valence-corrected chi connectivity index (χ1v) is 13.4. The topological polar surface area (TPSA) is 69.6 Å². The molecule has 7 nitrogen and oxygen atoms in total. The van der Waals surface area contributed by atoms with E-state index in [-0.39, 0.29) is 18.4 Å². The molecule has 0 bridgehead atoms. The number of halogens is 1. The van der Waals surface area contributed by atoms with Gasteiger partial charge in [0, 0.05) is 49.1 Å². The minimum Gasteiger partial charge on any atom is -0.363 e. The zero-order valence-corrected chi connectivity index (χ0v) is 22.4. The summed E-state index contributed by atoms with van der Waals surface area (Å²) < 4.78 is 0. The van der Waals surface area contributed by atoms with Crippen molar-refractivity contribution >= 4 is 35.2 Å². The number of aryl methyl sites for hydroxylation is 2. The molecule has 9 heteroatoms. The monoisotopic (exact) mass is 533 g/mol. The maximum atomic E-state index is 13.7. The smallest absolute Gasteiger partial charge is 0.278 e.